The quantitative estimate of drug-likeness (QED) is 0.387. The van der Waals surface area contributed by atoms with E-state index in [1.807, 2.05) is 49.4 Å². The van der Waals surface area contributed by atoms with Gasteiger partial charge in [-0.05, 0) is 59.2 Å². The summed E-state index contributed by atoms with van der Waals surface area (Å²) in [6.45, 7) is 2.22. The van der Waals surface area contributed by atoms with Gasteiger partial charge in [0.05, 0.1) is 0 Å². The number of aliphatic carboxylic acids is 1. The molecule has 5 nitrogen and oxygen atoms in total. The standard InChI is InChI=1S/C27H26BrNO4/c1-17-14-18(10-12-25(17)28)15-19(11-13-26(30)31)29-27(32)33-16-24-22-8-4-2-6-20(22)21-7-3-5-9-23(21)24/h2-10,12,14,19,24H,11,13,15-16H2,1H3,(H,29,32)(H,30,31). The molecule has 0 aliphatic heterocycles. The maximum atomic E-state index is 12.7. The lowest BCUT2D eigenvalue weighted by atomic mass is 9.98. The fraction of sp³-hybridized carbons (Fsp3) is 0.259. The zero-order valence-electron chi connectivity index (χ0n) is 18.4. The summed E-state index contributed by atoms with van der Waals surface area (Å²) >= 11 is 3.49. The maximum Gasteiger partial charge on any atom is 0.407 e. The minimum absolute atomic E-state index is 0.0188. The van der Waals surface area contributed by atoms with E-state index in [1.54, 1.807) is 0 Å². The molecular formula is C27H26BrNO4. The summed E-state index contributed by atoms with van der Waals surface area (Å²) in [6, 6.07) is 22.0. The van der Waals surface area contributed by atoms with Crippen LogP contribution in [0.3, 0.4) is 0 Å². The molecular weight excluding hydrogens is 482 g/mol. The number of benzene rings is 3. The molecule has 33 heavy (non-hydrogen) atoms. The summed E-state index contributed by atoms with van der Waals surface area (Å²) in [4.78, 5) is 23.8. The Morgan fingerprint density at radius 2 is 1.67 bits per heavy atom. The number of fused-ring (bicyclic) bond motifs is 3. The van der Waals surface area contributed by atoms with Gasteiger partial charge in [-0.1, -0.05) is 76.6 Å². The predicted octanol–water partition coefficient (Wildman–Crippen LogP) is 6.07. The predicted molar refractivity (Wildman–Crippen MR) is 131 cm³/mol. The van der Waals surface area contributed by atoms with Crippen LogP contribution in [0.4, 0.5) is 4.79 Å². The van der Waals surface area contributed by atoms with Crippen molar-refractivity contribution in [2.75, 3.05) is 6.61 Å². The van der Waals surface area contributed by atoms with E-state index >= 15 is 0 Å². The molecule has 0 radical (unpaired) electrons. The number of carboxylic acids is 1. The molecule has 3 aromatic rings. The van der Waals surface area contributed by atoms with Gasteiger partial charge >= 0.3 is 12.1 Å². The van der Waals surface area contributed by atoms with Crippen molar-refractivity contribution in [3.05, 3.63) is 93.5 Å². The van der Waals surface area contributed by atoms with Crippen LogP contribution in [-0.2, 0) is 16.0 Å². The fourth-order valence-corrected chi connectivity index (χ4v) is 4.69. The van der Waals surface area contributed by atoms with Gasteiger partial charge < -0.3 is 15.2 Å². The van der Waals surface area contributed by atoms with E-state index in [4.69, 9.17) is 9.84 Å². The van der Waals surface area contributed by atoms with Gasteiger partial charge in [0.1, 0.15) is 6.61 Å². The van der Waals surface area contributed by atoms with Crippen LogP contribution in [-0.4, -0.2) is 29.8 Å². The largest absolute Gasteiger partial charge is 0.481 e. The fourth-order valence-electron chi connectivity index (χ4n) is 4.45. The van der Waals surface area contributed by atoms with Gasteiger partial charge in [0.2, 0.25) is 0 Å². The van der Waals surface area contributed by atoms with Crippen molar-refractivity contribution < 1.29 is 19.4 Å². The van der Waals surface area contributed by atoms with Gasteiger partial charge in [-0.25, -0.2) is 4.79 Å². The number of alkyl carbamates (subject to hydrolysis) is 1. The van der Waals surface area contributed by atoms with Crippen molar-refractivity contribution in [3.63, 3.8) is 0 Å². The Balaban J connectivity index is 1.43. The molecule has 0 aromatic heterocycles. The van der Waals surface area contributed by atoms with E-state index in [0.717, 1.165) is 26.7 Å². The number of hydrogen-bond acceptors (Lipinski definition) is 3. The number of carbonyl (C=O) groups excluding carboxylic acids is 1. The van der Waals surface area contributed by atoms with E-state index in [1.165, 1.54) is 11.1 Å². The van der Waals surface area contributed by atoms with E-state index in [2.05, 4.69) is 45.5 Å². The highest BCUT2D eigenvalue weighted by molar-refractivity contribution is 9.10. The lowest BCUT2D eigenvalue weighted by Gasteiger charge is -2.20. The van der Waals surface area contributed by atoms with Crippen LogP contribution in [0.25, 0.3) is 11.1 Å². The number of ether oxygens (including phenoxy) is 1. The van der Waals surface area contributed by atoms with Crippen LogP contribution >= 0.6 is 15.9 Å². The number of rotatable bonds is 8. The topological polar surface area (TPSA) is 75.6 Å². The molecule has 1 unspecified atom stereocenters. The second kappa shape index (κ2) is 10.2. The zero-order chi connectivity index (χ0) is 23.4. The monoisotopic (exact) mass is 507 g/mol. The Morgan fingerprint density at radius 1 is 1.03 bits per heavy atom. The van der Waals surface area contributed by atoms with Gasteiger partial charge in [0.15, 0.2) is 0 Å². The first-order chi connectivity index (χ1) is 15.9. The SMILES string of the molecule is Cc1cc(CC(CCC(=O)O)NC(=O)OCC2c3ccccc3-c3ccccc32)ccc1Br. The Labute approximate surface area is 201 Å². The summed E-state index contributed by atoms with van der Waals surface area (Å²) in [5.74, 6) is -0.906. The molecule has 0 fully saturated rings. The second-order valence-electron chi connectivity index (χ2n) is 8.39. The first-order valence-electron chi connectivity index (χ1n) is 11.0. The number of hydrogen-bond donors (Lipinski definition) is 2. The molecule has 0 saturated carbocycles. The molecule has 1 atom stereocenters. The lowest BCUT2D eigenvalue weighted by molar-refractivity contribution is -0.137. The van der Waals surface area contributed by atoms with Gasteiger partial charge in [0, 0.05) is 22.9 Å². The van der Waals surface area contributed by atoms with Crippen LogP contribution in [0.15, 0.2) is 71.2 Å². The molecule has 0 heterocycles. The van der Waals surface area contributed by atoms with Crippen molar-refractivity contribution in [3.8, 4) is 11.1 Å². The van der Waals surface area contributed by atoms with Crippen molar-refractivity contribution in [1.82, 2.24) is 5.32 Å². The molecule has 1 aliphatic rings. The zero-order valence-corrected chi connectivity index (χ0v) is 20.0. The minimum atomic E-state index is -0.888. The average Bonchev–Trinajstić information content (AvgIpc) is 3.12. The highest BCUT2D eigenvalue weighted by atomic mass is 79.9. The number of nitrogens with one attached hydrogen (secondary N) is 1. The highest BCUT2D eigenvalue weighted by Crippen LogP contribution is 2.44. The summed E-state index contributed by atoms with van der Waals surface area (Å²) in [5.41, 5.74) is 6.77. The first-order valence-corrected chi connectivity index (χ1v) is 11.8. The molecule has 1 amide bonds. The third-order valence-electron chi connectivity index (χ3n) is 6.08. The molecule has 0 bridgehead atoms. The molecule has 0 saturated heterocycles. The summed E-state index contributed by atoms with van der Waals surface area (Å²) in [6.07, 6.45) is 0.311. The Hall–Kier alpha value is -3.12. The number of aryl methyl sites for hydroxylation is 1. The molecule has 6 heteroatoms. The van der Waals surface area contributed by atoms with Crippen molar-refractivity contribution >= 4 is 28.0 Å². The second-order valence-corrected chi connectivity index (χ2v) is 9.24. The Kier molecular flexibility index (Phi) is 7.14. The highest BCUT2D eigenvalue weighted by Gasteiger charge is 2.29. The third-order valence-corrected chi connectivity index (χ3v) is 6.97. The Morgan fingerprint density at radius 3 is 2.27 bits per heavy atom. The molecule has 1 aliphatic carbocycles. The van der Waals surface area contributed by atoms with E-state index in [0.29, 0.717) is 12.8 Å². The van der Waals surface area contributed by atoms with Gasteiger partial charge in [-0.2, -0.15) is 0 Å². The van der Waals surface area contributed by atoms with E-state index in [9.17, 15) is 9.59 Å². The number of carboxylic acid groups (broad SMARTS) is 1. The normalized spacial score (nSPS) is 13.2. The smallest absolute Gasteiger partial charge is 0.407 e. The molecule has 3 aromatic carbocycles. The van der Waals surface area contributed by atoms with Crippen molar-refractivity contribution in [2.24, 2.45) is 0 Å². The molecule has 170 valence electrons. The van der Waals surface area contributed by atoms with Crippen molar-refractivity contribution in [2.45, 2.75) is 38.1 Å². The summed E-state index contributed by atoms with van der Waals surface area (Å²) < 4.78 is 6.66. The Bertz CT molecular complexity index is 1130. The minimum Gasteiger partial charge on any atom is -0.481 e. The summed E-state index contributed by atoms with van der Waals surface area (Å²) in [5, 5.41) is 12.0. The molecule has 4 rings (SSSR count). The third kappa shape index (κ3) is 5.45. The molecule has 2 N–H and O–H groups in total. The van der Waals surface area contributed by atoms with Crippen LogP contribution in [0.2, 0.25) is 0 Å². The van der Waals surface area contributed by atoms with E-state index < -0.39 is 12.1 Å². The number of carbonyl (C=O) groups is 2. The van der Waals surface area contributed by atoms with E-state index in [-0.39, 0.29) is 25.0 Å². The average molecular weight is 508 g/mol. The van der Waals surface area contributed by atoms with Gasteiger partial charge in [0.25, 0.3) is 0 Å². The van der Waals surface area contributed by atoms with Gasteiger partial charge in [-0.15, -0.1) is 0 Å². The van der Waals surface area contributed by atoms with Crippen molar-refractivity contribution in [1.29, 1.82) is 0 Å². The summed E-state index contributed by atoms with van der Waals surface area (Å²) in [7, 11) is 0. The van der Waals surface area contributed by atoms with Crippen LogP contribution < -0.4 is 5.32 Å². The lowest BCUT2D eigenvalue weighted by Crippen LogP contribution is -2.37. The maximum absolute atomic E-state index is 12.7. The first kappa shape index (κ1) is 23.1. The van der Waals surface area contributed by atoms with Crippen LogP contribution in [0.1, 0.15) is 41.0 Å². The van der Waals surface area contributed by atoms with Crippen LogP contribution in [0.5, 0.6) is 0 Å². The van der Waals surface area contributed by atoms with Crippen LogP contribution in [0, 0.1) is 6.92 Å². The molecule has 0 spiro atoms. The number of amides is 1. The van der Waals surface area contributed by atoms with Gasteiger partial charge in [-0.3, -0.25) is 4.79 Å². The number of halogens is 1.